The molecule has 4 aromatic rings. The van der Waals surface area contributed by atoms with Crippen molar-refractivity contribution in [1.29, 1.82) is 0 Å². The summed E-state index contributed by atoms with van der Waals surface area (Å²) in [4.78, 5) is 20.3. The van der Waals surface area contributed by atoms with E-state index in [1.807, 2.05) is 30.3 Å². The van der Waals surface area contributed by atoms with E-state index in [1.54, 1.807) is 13.1 Å². The number of halogens is 3. The molecule has 174 valence electrons. The number of aliphatic imine (C=N–C) groups is 1. The molecule has 2 heterocycles. The van der Waals surface area contributed by atoms with Crippen molar-refractivity contribution in [1.82, 2.24) is 9.78 Å². The summed E-state index contributed by atoms with van der Waals surface area (Å²) in [6, 6.07) is 13.5. The fraction of sp³-hybridized carbons (Fsp3) is 0.154. The molecule has 5 rings (SSSR count). The SMILES string of the molecule is [C-]#[N+]c1c(-c2c(-c3cc4c(c(C(F)(F)F)c3)C(=O)CN=C4CN)cnn2C)ccc2ccccc12. The van der Waals surface area contributed by atoms with E-state index in [0.29, 0.717) is 22.5 Å². The number of nitrogens with two attached hydrogens (primary N) is 1. The van der Waals surface area contributed by atoms with Crippen LogP contribution in [0.25, 0.3) is 38.0 Å². The minimum atomic E-state index is -4.76. The van der Waals surface area contributed by atoms with E-state index in [1.165, 1.54) is 16.9 Å². The van der Waals surface area contributed by atoms with E-state index < -0.39 is 23.1 Å². The predicted octanol–water partition coefficient (Wildman–Crippen LogP) is 5.42. The highest BCUT2D eigenvalue weighted by Crippen LogP contribution is 2.44. The molecule has 0 amide bonds. The zero-order chi connectivity index (χ0) is 24.9. The predicted molar refractivity (Wildman–Crippen MR) is 128 cm³/mol. The van der Waals surface area contributed by atoms with Gasteiger partial charge in [0.25, 0.3) is 0 Å². The molecule has 35 heavy (non-hydrogen) atoms. The zero-order valence-corrected chi connectivity index (χ0v) is 18.5. The Hall–Kier alpha value is -4.29. The van der Waals surface area contributed by atoms with Crippen LogP contribution in [0.3, 0.4) is 0 Å². The van der Waals surface area contributed by atoms with Crippen LogP contribution in [0.1, 0.15) is 21.5 Å². The van der Waals surface area contributed by atoms with Gasteiger partial charge in [-0.1, -0.05) is 36.4 Å². The van der Waals surface area contributed by atoms with Gasteiger partial charge in [-0.05, 0) is 28.5 Å². The van der Waals surface area contributed by atoms with Crippen molar-refractivity contribution in [3.05, 3.63) is 82.8 Å². The third-order valence-corrected chi connectivity index (χ3v) is 6.16. The number of ketones is 1. The Kier molecular flexibility index (Phi) is 5.26. The van der Waals surface area contributed by atoms with Gasteiger partial charge < -0.3 is 5.73 Å². The molecular weight excluding hydrogens is 455 g/mol. The van der Waals surface area contributed by atoms with Crippen molar-refractivity contribution >= 4 is 28.0 Å². The maximum atomic E-state index is 14.1. The lowest BCUT2D eigenvalue weighted by Gasteiger charge is -2.22. The number of rotatable bonds is 3. The zero-order valence-electron chi connectivity index (χ0n) is 18.5. The summed E-state index contributed by atoms with van der Waals surface area (Å²) in [5.41, 5.74) is 6.65. The number of Topliss-reactive ketones (excluding diaryl/α,β-unsaturated/α-hetero) is 1. The average Bonchev–Trinajstić information content (AvgIpc) is 3.23. The molecule has 0 saturated carbocycles. The van der Waals surface area contributed by atoms with Crippen molar-refractivity contribution in [2.45, 2.75) is 6.18 Å². The highest BCUT2D eigenvalue weighted by molar-refractivity contribution is 6.17. The lowest BCUT2D eigenvalue weighted by molar-refractivity contribution is -0.137. The Morgan fingerprint density at radius 1 is 1.11 bits per heavy atom. The fourth-order valence-corrected chi connectivity index (χ4v) is 4.59. The molecular formula is C26H18F3N5O. The first-order chi connectivity index (χ1) is 16.7. The van der Waals surface area contributed by atoms with Crippen molar-refractivity contribution in [2.75, 3.05) is 13.1 Å². The van der Waals surface area contributed by atoms with Crippen LogP contribution >= 0.6 is 0 Å². The Morgan fingerprint density at radius 2 is 1.89 bits per heavy atom. The number of hydrogen-bond acceptors (Lipinski definition) is 4. The van der Waals surface area contributed by atoms with Crippen LogP contribution in [0.2, 0.25) is 0 Å². The molecule has 9 heteroatoms. The maximum Gasteiger partial charge on any atom is 0.417 e. The minimum absolute atomic E-state index is 0.0762. The van der Waals surface area contributed by atoms with Gasteiger partial charge in [-0.15, -0.1) is 0 Å². The summed E-state index contributed by atoms with van der Waals surface area (Å²) in [6.45, 7) is 7.34. The van der Waals surface area contributed by atoms with Crippen LogP contribution in [-0.2, 0) is 13.2 Å². The summed E-state index contributed by atoms with van der Waals surface area (Å²) in [5.74, 6) is -0.702. The second-order valence-corrected chi connectivity index (χ2v) is 8.16. The molecule has 2 N–H and O–H groups in total. The van der Waals surface area contributed by atoms with Gasteiger partial charge in [0.15, 0.2) is 5.78 Å². The van der Waals surface area contributed by atoms with E-state index in [-0.39, 0.29) is 29.9 Å². The number of alkyl halides is 3. The fourth-order valence-electron chi connectivity index (χ4n) is 4.59. The van der Waals surface area contributed by atoms with Crippen LogP contribution < -0.4 is 5.73 Å². The molecule has 0 atom stereocenters. The monoisotopic (exact) mass is 473 g/mol. The first kappa shape index (κ1) is 22.5. The molecule has 0 aliphatic carbocycles. The Morgan fingerprint density at radius 3 is 2.60 bits per heavy atom. The smallest absolute Gasteiger partial charge is 0.325 e. The lowest BCUT2D eigenvalue weighted by atomic mass is 9.87. The molecule has 1 aromatic heterocycles. The lowest BCUT2D eigenvalue weighted by Crippen LogP contribution is -2.28. The van der Waals surface area contributed by atoms with Gasteiger partial charge in [0.2, 0.25) is 5.69 Å². The molecule has 0 saturated heterocycles. The van der Waals surface area contributed by atoms with E-state index in [9.17, 15) is 18.0 Å². The Bertz CT molecular complexity index is 1590. The number of benzene rings is 3. The van der Waals surface area contributed by atoms with Crippen LogP contribution in [0.4, 0.5) is 18.9 Å². The number of fused-ring (bicyclic) bond motifs is 2. The summed E-state index contributed by atoms with van der Waals surface area (Å²) in [6.07, 6.45) is -3.30. The molecule has 0 spiro atoms. The molecule has 0 fully saturated rings. The number of aryl methyl sites for hydroxylation is 1. The van der Waals surface area contributed by atoms with Gasteiger partial charge >= 0.3 is 6.18 Å². The molecule has 0 unspecified atom stereocenters. The van der Waals surface area contributed by atoms with Crippen LogP contribution in [-0.4, -0.2) is 34.4 Å². The molecule has 6 nitrogen and oxygen atoms in total. The van der Waals surface area contributed by atoms with Crippen LogP contribution in [0.15, 0.2) is 59.7 Å². The molecule has 3 aromatic carbocycles. The standard InChI is InChI=1S/C26H18F3N5O/c1-31-24-16-6-4-3-5-14(16)7-8-17(24)25-19(12-33-34(25)2)15-9-18-21(11-30)32-13-22(35)23(18)20(10-15)26(27,28)29/h3-10,12H,11,13,30H2,2H3. The van der Waals surface area contributed by atoms with Crippen molar-refractivity contribution < 1.29 is 18.0 Å². The van der Waals surface area contributed by atoms with Gasteiger partial charge in [-0.3, -0.25) is 14.5 Å². The first-order valence-electron chi connectivity index (χ1n) is 10.7. The number of carbonyl (C=O) groups excluding carboxylic acids is 1. The number of nitrogens with zero attached hydrogens (tertiary/aromatic N) is 4. The molecule has 0 bridgehead atoms. The van der Waals surface area contributed by atoms with Crippen molar-refractivity contribution in [3.8, 4) is 22.4 Å². The average molecular weight is 473 g/mol. The Labute approximate surface area is 198 Å². The van der Waals surface area contributed by atoms with Gasteiger partial charge in [0.05, 0.1) is 29.7 Å². The number of carbonyl (C=O) groups is 1. The van der Waals surface area contributed by atoms with Crippen LogP contribution in [0, 0.1) is 6.57 Å². The van der Waals surface area contributed by atoms with E-state index in [4.69, 9.17) is 12.3 Å². The highest BCUT2D eigenvalue weighted by atomic mass is 19.4. The Balaban J connectivity index is 1.81. The quantitative estimate of drug-likeness (QED) is 0.404. The van der Waals surface area contributed by atoms with Crippen molar-refractivity contribution in [3.63, 3.8) is 0 Å². The largest absolute Gasteiger partial charge is 0.417 e. The molecule has 0 radical (unpaired) electrons. The van der Waals surface area contributed by atoms with Gasteiger partial charge in [-0.25, -0.2) is 4.85 Å². The van der Waals surface area contributed by atoms with Gasteiger partial charge in [-0.2, -0.15) is 18.3 Å². The summed E-state index contributed by atoms with van der Waals surface area (Å²) in [7, 11) is 1.67. The number of hydrogen-bond donors (Lipinski definition) is 1. The topological polar surface area (TPSA) is 77.6 Å². The maximum absolute atomic E-state index is 14.1. The van der Waals surface area contributed by atoms with E-state index >= 15 is 0 Å². The third kappa shape index (κ3) is 3.59. The van der Waals surface area contributed by atoms with Gasteiger partial charge in [0, 0.05) is 35.8 Å². The van der Waals surface area contributed by atoms with Crippen molar-refractivity contribution in [2.24, 2.45) is 17.8 Å². The number of aromatic nitrogens is 2. The second-order valence-electron chi connectivity index (χ2n) is 8.16. The van der Waals surface area contributed by atoms with E-state index in [2.05, 4.69) is 14.9 Å². The van der Waals surface area contributed by atoms with Gasteiger partial charge in [0.1, 0.15) is 6.54 Å². The summed E-state index contributed by atoms with van der Waals surface area (Å²) in [5, 5.41) is 5.90. The highest BCUT2D eigenvalue weighted by Gasteiger charge is 2.39. The van der Waals surface area contributed by atoms with E-state index in [0.717, 1.165) is 16.8 Å². The second kappa shape index (κ2) is 8.18. The third-order valence-electron chi connectivity index (χ3n) is 6.16. The molecule has 1 aliphatic rings. The van der Waals surface area contributed by atoms with Crippen LogP contribution in [0.5, 0.6) is 0 Å². The normalized spacial score (nSPS) is 13.5. The summed E-state index contributed by atoms with van der Waals surface area (Å²) >= 11 is 0. The molecule has 1 aliphatic heterocycles. The first-order valence-corrected chi connectivity index (χ1v) is 10.7. The minimum Gasteiger partial charge on any atom is -0.325 e. The summed E-state index contributed by atoms with van der Waals surface area (Å²) < 4.78 is 43.9.